The number of rotatable bonds is 9. The van der Waals surface area contributed by atoms with Gasteiger partial charge in [0.15, 0.2) is 0 Å². The highest BCUT2D eigenvalue weighted by Gasteiger charge is 2.33. The molecule has 3 heterocycles. The molecular formula is C29H34N4O3S2. The number of unbranched alkanes of at least 4 members (excludes halogenated alkanes) is 1. The van der Waals surface area contributed by atoms with Crippen molar-refractivity contribution in [2.75, 3.05) is 31.6 Å². The highest BCUT2D eigenvalue weighted by Crippen LogP contribution is 2.36. The van der Waals surface area contributed by atoms with E-state index >= 15 is 0 Å². The number of pyridine rings is 1. The van der Waals surface area contributed by atoms with Crippen LogP contribution in [0.2, 0.25) is 0 Å². The van der Waals surface area contributed by atoms with Crippen LogP contribution in [-0.4, -0.2) is 46.4 Å². The Balaban J connectivity index is 1.71. The summed E-state index contributed by atoms with van der Waals surface area (Å²) in [5, 5.41) is 9.88. The molecule has 0 unspecified atom stereocenters. The van der Waals surface area contributed by atoms with Crippen LogP contribution in [0.15, 0.2) is 34.0 Å². The molecule has 1 aromatic heterocycles. The summed E-state index contributed by atoms with van der Waals surface area (Å²) in [6.45, 7) is 6.61. The first-order valence-corrected chi connectivity index (χ1v) is 14.4. The molecule has 2 aliphatic heterocycles. The van der Waals surface area contributed by atoms with Gasteiger partial charge >= 0.3 is 0 Å². The van der Waals surface area contributed by atoms with Crippen molar-refractivity contribution < 1.29 is 9.53 Å². The summed E-state index contributed by atoms with van der Waals surface area (Å²) in [4.78, 5) is 31.3. The third kappa shape index (κ3) is 5.82. The van der Waals surface area contributed by atoms with Crippen molar-refractivity contribution in [3.05, 3.63) is 61.8 Å². The minimum atomic E-state index is -0.247. The number of aromatic nitrogens is 1. The lowest BCUT2D eigenvalue weighted by Gasteiger charge is -2.33. The molecule has 0 bridgehead atoms. The number of anilines is 1. The molecule has 0 aliphatic carbocycles. The largest absolute Gasteiger partial charge is 0.497 e. The van der Waals surface area contributed by atoms with Gasteiger partial charge in [0.2, 0.25) is 0 Å². The number of carbonyl (C=O) groups excluding carboxylic acids is 1. The van der Waals surface area contributed by atoms with Gasteiger partial charge in [-0.1, -0.05) is 49.5 Å². The summed E-state index contributed by atoms with van der Waals surface area (Å²) in [6.07, 6.45) is 7.55. The molecule has 1 amide bonds. The van der Waals surface area contributed by atoms with Crippen molar-refractivity contribution in [1.29, 1.82) is 5.26 Å². The van der Waals surface area contributed by atoms with Crippen molar-refractivity contribution in [1.82, 2.24) is 9.47 Å². The molecular weight excluding hydrogens is 516 g/mol. The normalized spacial score (nSPS) is 16.8. The molecule has 0 saturated carbocycles. The molecule has 0 spiro atoms. The van der Waals surface area contributed by atoms with Crippen LogP contribution in [0, 0.1) is 18.3 Å². The maximum absolute atomic E-state index is 13.5. The summed E-state index contributed by atoms with van der Waals surface area (Å²) < 4.78 is 7.51. The predicted molar refractivity (Wildman–Crippen MR) is 158 cm³/mol. The Morgan fingerprint density at radius 2 is 1.84 bits per heavy atom. The van der Waals surface area contributed by atoms with E-state index in [2.05, 4.69) is 17.9 Å². The second kappa shape index (κ2) is 12.6. The zero-order valence-electron chi connectivity index (χ0n) is 22.3. The molecule has 7 nitrogen and oxygen atoms in total. The molecule has 38 heavy (non-hydrogen) atoms. The number of nitrogens with zero attached hydrogens (tertiary/aromatic N) is 4. The highest BCUT2D eigenvalue weighted by atomic mass is 32.2. The second-order valence-electron chi connectivity index (χ2n) is 9.64. The molecule has 2 fully saturated rings. The van der Waals surface area contributed by atoms with Crippen LogP contribution in [0.5, 0.6) is 5.75 Å². The van der Waals surface area contributed by atoms with Crippen molar-refractivity contribution in [2.45, 2.75) is 58.9 Å². The van der Waals surface area contributed by atoms with Crippen molar-refractivity contribution in [3.8, 4) is 11.8 Å². The second-order valence-corrected chi connectivity index (χ2v) is 11.3. The Labute approximate surface area is 234 Å². The summed E-state index contributed by atoms with van der Waals surface area (Å²) in [7, 11) is 1.63. The van der Waals surface area contributed by atoms with Crippen molar-refractivity contribution >= 4 is 46.1 Å². The minimum absolute atomic E-state index is 0.137. The van der Waals surface area contributed by atoms with Crippen molar-refractivity contribution in [3.63, 3.8) is 0 Å². The Morgan fingerprint density at radius 3 is 2.47 bits per heavy atom. The van der Waals surface area contributed by atoms with Gasteiger partial charge < -0.3 is 9.64 Å². The SMILES string of the molecule is CCCCn1c(N2CCCCC2)c(/C=C2\SC(=S)N(CCc3ccc(OC)cc3)C2=O)c(C)c(C#N)c1=O. The number of amides is 1. The van der Waals surface area contributed by atoms with Gasteiger partial charge in [0, 0.05) is 31.7 Å². The van der Waals surface area contributed by atoms with E-state index < -0.39 is 0 Å². The highest BCUT2D eigenvalue weighted by molar-refractivity contribution is 8.26. The zero-order chi connectivity index (χ0) is 27.2. The number of nitriles is 1. The van der Waals surface area contributed by atoms with Crippen LogP contribution >= 0.6 is 24.0 Å². The molecule has 4 rings (SSSR count). The third-order valence-electron chi connectivity index (χ3n) is 7.17. The molecule has 1 aromatic carbocycles. The topological polar surface area (TPSA) is 78.6 Å². The van der Waals surface area contributed by atoms with Gasteiger partial charge in [-0.05, 0) is 68.4 Å². The van der Waals surface area contributed by atoms with Gasteiger partial charge in [-0.15, -0.1) is 0 Å². The fraction of sp³-hybridized carbons (Fsp3) is 0.448. The number of thiocarbonyl (C=S) groups is 1. The fourth-order valence-electron chi connectivity index (χ4n) is 4.97. The number of hydrogen-bond acceptors (Lipinski definition) is 7. The summed E-state index contributed by atoms with van der Waals surface area (Å²) in [6, 6.07) is 9.93. The van der Waals surface area contributed by atoms with E-state index in [1.165, 1.54) is 11.8 Å². The fourth-order valence-corrected chi connectivity index (χ4v) is 6.26. The van der Waals surface area contributed by atoms with E-state index in [0.717, 1.165) is 67.9 Å². The van der Waals surface area contributed by atoms with Crippen molar-refractivity contribution in [2.24, 2.45) is 0 Å². The van der Waals surface area contributed by atoms with Crippen LogP contribution in [0.3, 0.4) is 0 Å². The average Bonchev–Trinajstić information content (AvgIpc) is 3.20. The third-order valence-corrected chi connectivity index (χ3v) is 8.55. The number of piperidine rings is 1. The van der Waals surface area contributed by atoms with E-state index in [1.807, 2.05) is 37.3 Å². The molecule has 0 radical (unpaired) electrons. The van der Waals surface area contributed by atoms with E-state index in [4.69, 9.17) is 17.0 Å². The zero-order valence-corrected chi connectivity index (χ0v) is 23.9. The summed E-state index contributed by atoms with van der Waals surface area (Å²) in [5.74, 6) is 1.48. The van der Waals surface area contributed by atoms with E-state index in [9.17, 15) is 14.9 Å². The number of ether oxygens (including phenoxy) is 1. The smallest absolute Gasteiger partial charge is 0.270 e. The molecule has 2 aromatic rings. The number of carbonyl (C=O) groups is 1. The molecule has 2 aliphatic rings. The van der Waals surface area contributed by atoms with Gasteiger partial charge in [-0.2, -0.15) is 5.26 Å². The molecule has 200 valence electrons. The van der Waals surface area contributed by atoms with E-state index in [0.29, 0.717) is 34.3 Å². The molecule has 0 atom stereocenters. The first-order valence-electron chi connectivity index (χ1n) is 13.2. The monoisotopic (exact) mass is 550 g/mol. The van der Waals surface area contributed by atoms with Gasteiger partial charge in [-0.3, -0.25) is 19.1 Å². The Hall–Kier alpha value is -3.09. The van der Waals surface area contributed by atoms with Gasteiger partial charge in [0.1, 0.15) is 27.5 Å². The standard InChI is InChI=1S/C29H34N4O3S2/c1-4-5-16-32-26(31-14-7-6-8-15-31)23(20(2)24(19-30)27(32)34)18-25-28(35)33(29(37)38-25)17-13-21-9-11-22(36-3)12-10-21/h9-12,18H,4-8,13-17H2,1-3H3/b25-18-. The first kappa shape index (κ1) is 27.9. The lowest BCUT2D eigenvalue weighted by atomic mass is 10.0. The molecule has 2 saturated heterocycles. The molecule has 9 heteroatoms. The average molecular weight is 551 g/mol. The Bertz CT molecular complexity index is 1340. The van der Waals surface area contributed by atoms with Gasteiger partial charge in [0.25, 0.3) is 11.5 Å². The van der Waals surface area contributed by atoms with Crippen LogP contribution in [0.1, 0.15) is 61.3 Å². The lowest BCUT2D eigenvalue weighted by Crippen LogP contribution is -2.37. The number of thioether (sulfide) groups is 1. The Morgan fingerprint density at radius 1 is 1.13 bits per heavy atom. The van der Waals surface area contributed by atoms with E-state index in [-0.39, 0.29) is 17.0 Å². The maximum Gasteiger partial charge on any atom is 0.270 e. The Kier molecular flexibility index (Phi) is 9.29. The van der Waals surface area contributed by atoms with Crippen LogP contribution in [0.4, 0.5) is 5.82 Å². The maximum atomic E-state index is 13.5. The van der Waals surface area contributed by atoms with Gasteiger partial charge in [-0.25, -0.2) is 0 Å². The quantitative estimate of drug-likeness (QED) is 0.311. The van der Waals surface area contributed by atoms with E-state index in [1.54, 1.807) is 16.6 Å². The predicted octanol–water partition coefficient (Wildman–Crippen LogP) is 5.27. The lowest BCUT2D eigenvalue weighted by molar-refractivity contribution is -0.122. The number of benzene rings is 1. The van der Waals surface area contributed by atoms with Crippen LogP contribution < -0.4 is 15.2 Å². The molecule has 0 N–H and O–H groups in total. The summed E-state index contributed by atoms with van der Waals surface area (Å²) >= 11 is 6.88. The minimum Gasteiger partial charge on any atom is -0.497 e. The van der Waals surface area contributed by atoms with Crippen LogP contribution in [0.25, 0.3) is 6.08 Å². The number of methoxy groups -OCH3 is 1. The van der Waals surface area contributed by atoms with Crippen LogP contribution in [-0.2, 0) is 17.8 Å². The van der Waals surface area contributed by atoms with Gasteiger partial charge in [0.05, 0.1) is 12.0 Å². The first-order chi connectivity index (χ1) is 18.4. The number of hydrogen-bond donors (Lipinski definition) is 0. The summed E-state index contributed by atoms with van der Waals surface area (Å²) in [5.41, 5.74) is 2.38.